The Morgan fingerprint density at radius 1 is 1.14 bits per heavy atom. The Balaban J connectivity index is 1.65. The van der Waals surface area contributed by atoms with Gasteiger partial charge in [-0.1, -0.05) is 42.8 Å². The van der Waals surface area contributed by atoms with E-state index in [9.17, 15) is 0 Å². The molecule has 2 aromatic rings. The largest absolute Gasteiger partial charge is 0.192 e. The Labute approximate surface area is 131 Å². The summed E-state index contributed by atoms with van der Waals surface area (Å²) in [5.74, 6) is 1.88. The van der Waals surface area contributed by atoms with Gasteiger partial charge in [-0.3, -0.25) is 0 Å². The first-order chi connectivity index (χ1) is 10.2. The van der Waals surface area contributed by atoms with Gasteiger partial charge in [0.05, 0.1) is 11.6 Å². The second-order valence-electron chi connectivity index (χ2n) is 6.01. The van der Waals surface area contributed by atoms with Gasteiger partial charge in [0.15, 0.2) is 0 Å². The van der Waals surface area contributed by atoms with Crippen LogP contribution in [0.2, 0.25) is 5.02 Å². The predicted octanol–water partition coefficient (Wildman–Crippen LogP) is 5.51. The molecule has 2 heteroatoms. The monoisotopic (exact) mass is 295 g/mol. The lowest BCUT2D eigenvalue weighted by atomic mass is 9.65. The lowest BCUT2D eigenvalue weighted by Gasteiger charge is -2.40. The standard InChI is InChI=1S/C19H18ClN/c1-13(16-4-2-3-14(9-16)12-21)17-10-18(11-17)15-5-7-19(20)8-6-15/h2-9,13,17-18H,10-11H2,1H3. The molecule has 1 nitrogen and oxygen atoms in total. The Bertz CT molecular complexity index is 663. The van der Waals surface area contributed by atoms with Gasteiger partial charge in [0.2, 0.25) is 0 Å². The molecule has 0 saturated heterocycles. The molecule has 2 aromatic carbocycles. The molecule has 1 aliphatic carbocycles. The summed E-state index contributed by atoms with van der Waals surface area (Å²) in [6, 6.07) is 18.5. The molecule has 1 atom stereocenters. The van der Waals surface area contributed by atoms with E-state index in [4.69, 9.17) is 16.9 Å². The average molecular weight is 296 g/mol. The Kier molecular flexibility index (Phi) is 3.99. The second kappa shape index (κ2) is 5.92. The van der Waals surface area contributed by atoms with Crippen molar-refractivity contribution in [2.75, 3.05) is 0 Å². The summed E-state index contributed by atoms with van der Waals surface area (Å²) in [6.45, 7) is 2.28. The van der Waals surface area contributed by atoms with E-state index in [-0.39, 0.29) is 0 Å². The Hall–Kier alpha value is -1.78. The van der Waals surface area contributed by atoms with Gasteiger partial charge in [0.1, 0.15) is 0 Å². The van der Waals surface area contributed by atoms with Gasteiger partial charge >= 0.3 is 0 Å². The maximum Gasteiger partial charge on any atom is 0.0991 e. The third kappa shape index (κ3) is 2.96. The summed E-state index contributed by atoms with van der Waals surface area (Å²) in [6.07, 6.45) is 2.44. The number of hydrogen-bond acceptors (Lipinski definition) is 1. The first-order valence-electron chi connectivity index (χ1n) is 7.43. The minimum Gasteiger partial charge on any atom is -0.192 e. The molecular formula is C19H18ClN. The maximum atomic E-state index is 9.01. The van der Waals surface area contributed by atoms with Gasteiger partial charge in [0, 0.05) is 5.02 Å². The number of halogens is 1. The van der Waals surface area contributed by atoms with Crippen LogP contribution in [0, 0.1) is 17.2 Å². The van der Waals surface area contributed by atoms with Crippen molar-refractivity contribution >= 4 is 11.6 Å². The van der Waals surface area contributed by atoms with Gasteiger partial charge in [0.25, 0.3) is 0 Å². The van der Waals surface area contributed by atoms with Crippen LogP contribution < -0.4 is 0 Å². The SMILES string of the molecule is CC(c1cccc(C#N)c1)C1CC(c2ccc(Cl)cc2)C1. The summed E-state index contributed by atoms with van der Waals surface area (Å²) in [5.41, 5.74) is 3.44. The molecule has 1 fully saturated rings. The van der Waals surface area contributed by atoms with E-state index in [1.807, 2.05) is 30.3 Å². The fourth-order valence-electron chi connectivity index (χ4n) is 3.24. The van der Waals surface area contributed by atoms with Crippen LogP contribution in [0.4, 0.5) is 0 Å². The molecule has 106 valence electrons. The molecule has 0 N–H and O–H groups in total. The Morgan fingerprint density at radius 3 is 2.52 bits per heavy atom. The van der Waals surface area contributed by atoms with Crippen molar-refractivity contribution in [1.82, 2.24) is 0 Å². The van der Waals surface area contributed by atoms with Crippen LogP contribution in [-0.4, -0.2) is 0 Å². The molecule has 0 aromatic heterocycles. The Morgan fingerprint density at radius 2 is 1.86 bits per heavy atom. The summed E-state index contributed by atoms with van der Waals surface area (Å²) in [5, 5.41) is 9.81. The number of nitriles is 1. The highest BCUT2D eigenvalue weighted by molar-refractivity contribution is 6.30. The van der Waals surface area contributed by atoms with Crippen molar-refractivity contribution in [2.24, 2.45) is 5.92 Å². The lowest BCUT2D eigenvalue weighted by molar-refractivity contribution is 0.228. The van der Waals surface area contributed by atoms with Crippen LogP contribution in [0.25, 0.3) is 0 Å². The molecular weight excluding hydrogens is 278 g/mol. The molecule has 1 unspecified atom stereocenters. The average Bonchev–Trinajstić information content (AvgIpc) is 2.47. The van der Waals surface area contributed by atoms with E-state index < -0.39 is 0 Å². The molecule has 0 heterocycles. The highest BCUT2D eigenvalue weighted by Gasteiger charge is 2.34. The van der Waals surface area contributed by atoms with Crippen LogP contribution in [0.5, 0.6) is 0 Å². The normalized spacial score (nSPS) is 22.1. The van der Waals surface area contributed by atoms with Crippen LogP contribution in [-0.2, 0) is 0 Å². The number of nitrogens with zero attached hydrogens (tertiary/aromatic N) is 1. The number of benzene rings is 2. The molecule has 1 aliphatic rings. The van der Waals surface area contributed by atoms with Gasteiger partial charge < -0.3 is 0 Å². The van der Waals surface area contributed by atoms with Crippen molar-refractivity contribution in [3.63, 3.8) is 0 Å². The van der Waals surface area contributed by atoms with Crippen LogP contribution in [0.3, 0.4) is 0 Å². The van der Waals surface area contributed by atoms with Crippen molar-refractivity contribution in [2.45, 2.75) is 31.6 Å². The summed E-state index contributed by atoms with van der Waals surface area (Å²) >= 11 is 5.94. The molecule has 0 bridgehead atoms. The van der Waals surface area contributed by atoms with E-state index in [1.54, 1.807) is 0 Å². The number of hydrogen-bond donors (Lipinski definition) is 0. The van der Waals surface area contributed by atoms with E-state index in [2.05, 4.69) is 31.2 Å². The molecule has 0 spiro atoms. The zero-order valence-electron chi connectivity index (χ0n) is 12.1. The maximum absolute atomic E-state index is 9.01. The topological polar surface area (TPSA) is 23.8 Å². The zero-order chi connectivity index (χ0) is 14.8. The smallest absolute Gasteiger partial charge is 0.0991 e. The van der Waals surface area contributed by atoms with Crippen LogP contribution in [0.1, 0.15) is 48.3 Å². The molecule has 0 radical (unpaired) electrons. The quantitative estimate of drug-likeness (QED) is 0.732. The molecule has 3 rings (SSSR count). The van der Waals surface area contributed by atoms with Crippen LogP contribution in [0.15, 0.2) is 48.5 Å². The fraction of sp³-hybridized carbons (Fsp3) is 0.316. The molecule has 1 saturated carbocycles. The fourth-order valence-corrected chi connectivity index (χ4v) is 3.37. The molecule has 21 heavy (non-hydrogen) atoms. The summed E-state index contributed by atoms with van der Waals surface area (Å²) in [4.78, 5) is 0. The third-order valence-corrected chi connectivity index (χ3v) is 5.02. The molecule has 0 amide bonds. The van der Waals surface area contributed by atoms with E-state index in [0.29, 0.717) is 17.8 Å². The van der Waals surface area contributed by atoms with E-state index in [0.717, 1.165) is 10.6 Å². The second-order valence-corrected chi connectivity index (χ2v) is 6.44. The van der Waals surface area contributed by atoms with Crippen molar-refractivity contribution < 1.29 is 0 Å². The zero-order valence-corrected chi connectivity index (χ0v) is 12.8. The molecule has 0 aliphatic heterocycles. The van der Waals surface area contributed by atoms with Gasteiger partial charge in [-0.25, -0.2) is 0 Å². The number of rotatable bonds is 3. The third-order valence-electron chi connectivity index (χ3n) is 4.76. The summed E-state index contributed by atoms with van der Waals surface area (Å²) in [7, 11) is 0. The van der Waals surface area contributed by atoms with E-state index in [1.165, 1.54) is 24.0 Å². The van der Waals surface area contributed by atoms with Crippen molar-refractivity contribution in [1.29, 1.82) is 5.26 Å². The van der Waals surface area contributed by atoms with Crippen LogP contribution >= 0.6 is 11.6 Å². The minimum atomic E-state index is 0.516. The minimum absolute atomic E-state index is 0.516. The first-order valence-corrected chi connectivity index (χ1v) is 7.80. The lowest BCUT2D eigenvalue weighted by Crippen LogP contribution is -2.26. The predicted molar refractivity (Wildman–Crippen MR) is 86.5 cm³/mol. The van der Waals surface area contributed by atoms with E-state index >= 15 is 0 Å². The highest BCUT2D eigenvalue weighted by Crippen LogP contribution is 2.48. The summed E-state index contributed by atoms with van der Waals surface area (Å²) < 4.78 is 0. The van der Waals surface area contributed by atoms with Gasteiger partial charge in [-0.15, -0.1) is 0 Å². The van der Waals surface area contributed by atoms with Gasteiger partial charge in [-0.2, -0.15) is 5.26 Å². The van der Waals surface area contributed by atoms with Crippen molar-refractivity contribution in [3.05, 3.63) is 70.2 Å². The van der Waals surface area contributed by atoms with Crippen molar-refractivity contribution in [3.8, 4) is 6.07 Å². The first kappa shape index (κ1) is 14.2. The van der Waals surface area contributed by atoms with Gasteiger partial charge in [-0.05, 0) is 66.0 Å². The highest BCUT2D eigenvalue weighted by atomic mass is 35.5.